The smallest absolute Gasteiger partial charge is 0.264 e. The number of aryl methyl sites for hydroxylation is 2. The highest BCUT2D eigenvalue weighted by molar-refractivity contribution is 7.92. The summed E-state index contributed by atoms with van der Waals surface area (Å²) in [6, 6.07) is 13.8. The number of amides is 1. The average molecular weight is 382 g/mol. The molecule has 0 saturated heterocycles. The molecular weight excluding hydrogens is 364 g/mol. The molecule has 138 valence electrons. The monoisotopic (exact) mass is 382 g/mol. The van der Waals surface area contributed by atoms with Gasteiger partial charge in [-0.05, 0) is 38.1 Å². The molecule has 0 aliphatic carbocycles. The predicted octanol–water partition coefficient (Wildman–Crippen LogP) is 3.15. The zero-order chi connectivity index (χ0) is 19.4. The lowest BCUT2D eigenvalue weighted by Crippen LogP contribution is -2.16. The van der Waals surface area contributed by atoms with Crippen molar-refractivity contribution < 1.29 is 13.2 Å². The quantitative estimate of drug-likeness (QED) is 0.706. The van der Waals surface area contributed by atoms with Gasteiger partial charge in [0.2, 0.25) is 5.95 Å². The second-order valence-electron chi connectivity index (χ2n) is 6.03. The molecule has 0 aliphatic rings. The van der Waals surface area contributed by atoms with Gasteiger partial charge in [-0.3, -0.25) is 4.79 Å². The fourth-order valence-corrected chi connectivity index (χ4v) is 3.19. The summed E-state index contributed by atoms with van der Waals surface area (Å²) >= 11 is 0. The SMILES string of the molecule is Cc1ccc(NC(=O)c2cnc(NS(=O)(=O)c3ccc(C)cc3)nc2)cc1. The van der Waals surface area contributed by atoms with E-state index >= 15 is 0 Å². The van der Waals surface area contributed by atoms with E-state index in [0.29, 0.717) is 5.69 Å². The minimum Gasteiger partial charge on any atom is -0.322 e. The number of carbonyl (C=O) groups is 1. The first-order valence-corrected chi connectivity index (χ1v) is 9.61. The third-order valence-corrected chi connectivity index (χ3v) is 5.12. The average Bonchev–Trinajstić information content (AvgIpc) is 2.64. The largest absolute Gasteiger partial charge is 0.322 e. The van der Waals surface area contributed by atoms with E-state index in [1.165, 1.54) is 24.5 Å². The van der Waals surface area contributed by atoms with Gasteiger partial charge in [0.15, 0.2) is 0 Å². The van der Waals surface area contributed by atoms with Gasteiger partial charge in [-0.25, -0.2) is 23.1 Å². The van der Waals surface area contributed by atoms with Crippen molar-refractivity contribution >= 4 is 27.6 Å². The molecular formula is C19H18N4O3S. The van der Waals surface area contributed by atoms with Crippen molar-refractivity contribution in [2.45, 2.75) is 18.7 Å². The molecule has 1 heterocycles. The van der Waals surface area contributed by atoms with Crippen LogP contribution in [0.15, 0.2) is 65.8 Å². The van der Waals surface area contributed by atoms with Crippen LogP contribution in [0.25, 0.3) is 0 Å². The van der Waals surface area contributed by atoms with Gasteiger partial charge < -0.3 is 5.32 Å². The van der Waals surface area contributed by atoms with Gasteiger partial charge in [0.25, 0.3) is 15.9 Å². The highest BCUT2D eigenvalue weighted by Crippen LogP contribution is 2.14. The van der Waals surface area contributed by atoms with Gasteiger partial charge in [-0.1, -0.05) is 35.4 Å². The first kappa shape index (κ1) is 18.5. The number of anilines is 2. The highest BCUT2D eigenvalue weighted by atomic mass is 32.2. The number of hydrogen-bond acceptors (Lipinski definition) is 5. The van der Waals surface area contributed by atoms with Crippen LogP contribution in [0, 0.1) is 13.8 Å². The van der Waals surface area contributed by atoms with E-state index in [9.17, 15) is 13.2 Å². The number of aromatic nitrogens is 2. The Labute approximate surface area is 157 Å². The predicted molar refractivity (Wildman–Crippen MR) is 103 cm³/mol. The number of nitrogens with one attached hydrogen (secondary N) is 2. The highest BCUT2D eigenvalue weighted by Gasteiger charge is 2.16. The summed E-state index contributed by atoms with van der Waals surface area (Å²) in [5, 5.41) is 2.73. The van der Waals surface area contributed by atoms with Crippen molar-refractivity contribution in [3.05, 3.63) is 77.6 Å². The van der Waals surface area contributed by atoms with Crippen LogP contribution in [-0.4, -0.2) is 24.3 Å². The van der Waals surface area contributed by atoms with Crippen LogP contribution < -0.4 is 10.0 Å². The Hall–Kier alpha value is -3.26. The summed E-state index contributed by atoms with van der Waals surface area (Å²) < 4.78 is 27.0. The molecule has 1 aromatic heterocycles. The topological polar surface area (TPSA) is 101 Å². The van der Waals surface area contributed by atoms with Crippen LogP contribution in [0.1, 0.15) is 21.5 Å². The Balaban J connectivity index is 1.70. The van der Waals surface area contributed by atoms with Gasteiger partial charge in [-0.2, -0.15) is 0 Å². The zero-order valence-corrected chi connectivity index (χ0v) is 15.6. The van der Waals surface area contributed by atoms with E-state index in [1.54, 1.807) is 24.3 Å². The minimum absolute atomic E-state index is 0.109. The molecule has 8 heteroatoms. The number of benzene rings is 2. The number of nitrogens with zero attached hydrogens (tertiary/aromatic N) is 2. The molecule has 1 amide bonds. The summed E-state index contributed by atoms with van der Waals surface area (Å²) in [5.74, 6) is -0.491. The summed E-state index contributed by atoms with van der Waals surface area (Å²) in [4.78, 5) is 20.2. The second-order valence-corrected chi connectivity index (χ2v) is 7.72. The van der Waals surface area contributed by atoms with E-state index in [1.807, 2.05) is 26.0 Å². The van der Waals surface area contributed by atoms with Crippen LogP contribution in [-0.2, 0) is 10.0 Å². The van der Waals surface area contributed by atoms with Gasteiger partial charge in [0, 0.05) is 18.1 Å². The molecule has 0 aliphatic heterocycles. The Morgan fingerprint density at radius 2 is 1.37 bits per heavy atom. The maximum atomic E-state index is 12.3. The Bertz CT molecular complexity index is 1050. The Morgan fingerprint density at radius 1 is 0.852 bits per heavy atom. The first-order valence-electron chi connectivity index (χ1n) is 8.13. The standard InChI is InChI=1S/C19H18N4O3S/c1-13-3-7-16(8-4-13)22-18(24)15-11-20-19(21-12-15)23-27(25,26)17-9-5-14(2)6-10-17/h3-12H,1-2H3,(H,22,24)(H,20,21,23). The van der Waals surface area contributed by atoms with Crippen molar-refractivity contribution in [2.24, 2.45) is 0 Å². The van der Waals surface area contributed by atoms with Crippen LogP contribution in [0.5, 0.6) is 0 Å². The third-order valence-electron chi connectivity index (χ3n) is 3.78. The Morgan fingerprint density at radius 3 is 1.93 bits per heavy atom. The normalized spacial score (nSPS) is 11.0. The molecule has 27 heavy (non-hydrogen) atoms. The minimum atomic E-state index is -3.79. The van der Waals surface area contributed by atoms with Crippen molar-refractivity contribution in [1.82, 2.24) is 9.97 Å². The van der Waals surface area contributed by atoms with E-state index in [0.717, 1.165) is 11.1 Å². The lowest BCUT2D eigenvalue weighted by Gasteiger charge is -2.08. The zero-order valence-electron chi connectivity index (χ0n) is 14.8. The van der Waals surface area contributed by atoms with E-state index in [4.69, 9.17) is 0 Å². The molecule has 0 radical (unpaired) electrons. The second kappa shape index (κ2) is 7.55. The molecule has 0 unspecified atom stereocenters. The van der Waals surface area contributed by atoms with Crippen molar-refractivity contribution in [3.8, 4) is 0 Å². The van der Waals surface area contributed by atoms with Crippen LogP contribution >= 0.6 is 0 Å². The first-order chi connectivity index (χ1) is 12.8. The molecule has 0 fully saturated rings. The number of hydrogen-bond donors (Lipinski definition) is 2. The van der Waals surface area contributed by atoms with Gasteiger partial charge in [0.1, 0.15) is 0 Å². The maximum absolute atomic E-state index is 12.3. The summed E-state index contributed by atoms with van der Waals surface area (Å²) in [7, 11) is -3.79. The van der Waals surface area contributed by atoms with E-state index < -0.39 is 10.0 Å². The fraction of sp³-hybridized carbons (Fsp3) is 0.105. The number of sulfonamides is 1. The van der Waals surface area contributed by atoms with Crippen LogP contribution in [0.4, 0.5) is 11.6 Å². The van der Waals surface area contributed by atoms with E-state index in [-0.39, 0.29) is 22.3 Å². The van der Waals surface area contributed by atoms with E-state index in [2.05, 4.69) is 20.0 Å². The summed E-state index contributed by atoms with van der Waals surface area (Å²) in [5.41, 5.74) is 2.90. The lowest BCUT2D eigenvalue weighted by atomic mass is 10.2. The van der Waals surface area contributed by atoms with Gasteiger partial charge in [-0.15, -0.1) is 0 Å². The summed E-state index contributed by atoms with van der Waals surface area (Å²) in [6.45, 7) is 3.82. The van der Waals surface area contributed by atoms with Gasteiger partial charge in [0.05, 0.1) is 10.5 Å². The summed E-state index contributed by atoms with van der Waals surface area (Å²) in [6.07, 6.45) is 2.53. The van der Waals surface area contributed by atoms with Crippen LogP contribution in [0.2, 0.25) is 0 Å². The molecule has 3 aromatic rings. The molecule has 2 N–H and O–H groups in total. The van der Waals surface area contributed by atoms with Crippen molar-refractivity contribution in [2.75, 3.05) is 10.0 Å². The van der Waals surface area contributed by atoms with Gasteiger partial charge >= 0.3 is 0 Å². The Kier molecular flexibility index (Phi) is 5.18. The molecule has 0 bridgehead atoms. The van der Waals surface area contributed by atoms with Crippen molar-refractivity contribution in [3.63, 3.8) is 0 Å². The molecule has 2 aromatic carbocycles. The molecule has 0 saturated carbocycles. The third kappa shape index (κ3) is 4.68. The maximum Gasteiger partial charge on any atom is 0.264 e. The lowest BCUT2D eigenvalue weighted by molar-refractivity contribution is 0.102. The molecule has 7 nitrogen and oxygen atoms in total. The molecule has 0 atom stereocenters. The number of carbonyl (C=O) groups excluding carboxylic acids is 1. The van der Waals surface area contributed by atoms with Crippen LogP contribution in [0.3, 0.4) is 0 Å². The van der Waals surface area contributed by atoms with Crippen molar-refractivity contribution in [1.29, 1.82) is 0 Å². The molecule has 3 rings (SSSR count). The number of rotatable bonds is 5. The fourth-order valence-electron chi connectivity index (χ4n) is 2.23. The molecule has 0 spiro atoms.